The van der Waals surface area contributed by atoms with Crippen LogP contribution in [0, 0.1) is 0 Å². The van der Waals surface area contributed by atoms with Crippen LogP contribution in [0.1, 0.15) is 17.3 Å². The molecular formula is C10H15ClN2S. The SMILES string of the molecule is C=CCCNC(CN)c1cc(Cl)cs1. The van der Waals surface area contributed by atoms with Crippen molar-refractivity contribution >= 4 is 22.9 Å². The summed E-state index contributed by atoms with van der Waals surface area (Å²) in [6, 6.07) is 2.18. The van der Waals surface area contributed by atoms with Gasteiger partial charge in [0.25, 0.3) is 0 Å². The molecule has 2 nitrogen and oxygen atoms in total. The Kier molecular flexibility index (Phi) is 5.19. The van der Waals surface area contributed by atoms with E-state index in [4.69, 9.17) is 17.3 Å². The van der Waals surface area contributed by atoms with Crippen molar-refractivity contribution in [3.05, 3.63) is 34.0 Å². The maximum absolute atomic E-state index is 5.85. The summed E-state index contributed by atoms with van der Waals surface area (Å²) in [7, 11) is 0. The molecule has 0 aliphatic rings. The average Bonchev–Trinajstić information content (AvgIpc) is 2.60. The highest BCUT2D eigenvalue weighted by molar-refractivity contribution is 7.10. The van der Waals surface area contributed by atoms with Gasteiger partial charge in [-0.1, -0.05) is 17.7 Å². The van der Waals surface area contributed by atoms with Crippen LogP contribution in [0.15, 0.2) is 24.1 Å². The number of nitrogens with two attached hydrogens (primary N) is 1. The molecule has 1 unspecified atom stereocenters. The van der Waals surface area contributed by atoms with Crippen LogP contribution in [0.3, 0.4) is 0 Å². The standard InChI is InChI=1S/C10H15ClN2S/c1-2-3-4-13-9(6-12)10-5-8(11)7-14-10/h2,5,7,9,13H,1,3-4,6,12H2. The smallest absolute Gasteiger partial charge is 0.0539 e. The Labute approximate surface area is 93.8 Å². The van der Waals surface area contributed by atoms with Crippen LogP contribution >= 0.6 is 22.9 Å². The van der Waals surface area contributed by atoms with Crippen molar-refractivity contribution < 1.29 is 0 Å². The van der Waals surface area contributed by atoms with Gasteiger partial charge in [-0.2, -0.15) is 0 Å². The van der Waals surface area contributed by atoms with Gasteiger partial charge >= 0.3 is 0 Å². The maximum atomic E-state index is 5.85. The van der Waals surface area contributed by atoms with Gasteiger partial charge in [-0.25, -0.2) is 0 Å². The number of rotatable bonds is 6. The number of hydrogen-bond acceptors (Lipinski definition) is 3. The van der Waals surface area contributed by atoms with Crippen LogP contribution < -0.4 is 11.1 Å². The zero-order valence-electron chi connectivity index (χ0n) is 8.00. The minimum absolute atomic E-state index is 0.215. The van der Waals surface area contributed by atoms with Gasteiger partial charge in [-0.3, -0.25) is 0 Å². The van der Waals surface area contributed by atoms with Crippen molar-refractivity contribution in [2.24, 2.45) is 5.73 Å². The van der Waals surface area contributed by atoms with Crippen LogP contribution in [0.2, 0.25) is 5.02 Å². The highest BCUT2D eigenvalue weighted by Gasteiger charge is 2.10. The molecule has 1 heterocycles. The highest BCUT2D eigenvalue weighted by atomic mass is 35.5. The fraction of sp³-hybridized carbons (Fsp3) is 0.400. The largest absolute Gasteiger partial charge is 0.329 e. The van der Waals surface area contributed by atoms with E-state index in [1.54, 1.807) is 11.3 Å². The summed E-state index contributed by atoms with van der Waals surface area (Å²) >= 11 is 7.49. The molecule has 1 aromatic heterocycles. The predicted molar refractivity (Wildman–Crippen MR) is 63.9 cm³/mol. The number of thiophene rings is 1. The highest BCUT2D eigenvalue weighted by Crippen LogP contribution is 2.24. The lowest BCUT2D eigenvalue weighted by Crippen LogP contribution is -2.28. The van der Waals surface area contributed by atoms with E-state index in [0.29, 0.717) is 6.54 Å². The Morgan fingerprint density at radius 1 is 1.71 bits per heavy atom. The lowest BCUT2D eigenvalue weighted by Gasteiger charge is -2.14. The van der Waals surface area contributed by atoms with E-state index in [9.17, 15) is 0 Å². The van der Waals surface area contributed by atoms with E-state index in [0.717, 1.165) is 18.0 Å². The van der Waals surface area contributed by atoms with E-state index in [1.165, 1.54) is 4.88 Å². The lowest BCUT2D eigenvalue weighted by atomic mass is 10.2. The fourth-order valence-corrected chi connectivity index (χ4v) is 2.34. The lowest BCUT2D eigenvalue weighted by molar-refractivity contribution is 0.556. The van der Waals surface area contributed by atoms with Crippen molar-refractivity contribution in [1.29, 1.82) is 0 Å². The van der Waals surface area contributed by atoms with E-state index in [1.807, 2.05) is 17.5 Å². The summed E-state index contributed by atoms with van der Waals surface area (Å²) in [5.74, 6) is 0. The van der Waals surface area contributed by atoms with Gasteiger partial charge in [0.05, 0.1) is 11.1 Å². The van der Waals surface area contributed by atoms with E-state index >= 15 is 0 Å². The molecule has 0 aliphatic heterocycles. The van der Waals surface area contributed by atoms with Crippen molar-refractivity contribution in [2.75, 3.05) is 13.1 Å². The third-order valence-corrected chi connectivity index (χ3v) is 3.30. The van der Waals surface area contributed by atoms with Gasteiger partial charge in [0, 0.05) is 16.8 Å². The Morgan fingerprint density at radius 3 is 3.00 bits per heavy atom. The van der Waals surface area contributed by atoms with Crippen molar-refractivity contribution in [3.63, 3.8) is 0 Å². The number of halogens is 1. The van der Waals surface area contributed by atoms with E-state index in [2.05, 4.69) is 11.9 Å². The van der Waals surface area contributed by atoms with E-state index < -0.39 is 0 Å². The third-order valence-electron chi connectivity index (χ3n) is 1.91. The maximum Gasteiger partial charge on any atom is 0.0539 e. The molecule has 14 heavy (non-hydrogen) atoms. The first kappa shape index (κ1) is 11.7. The third kappa shape index (κ3) is 3.42. The van der Waals surface area contributed by atoms with Crippen LogP contribution in [0.25, 0.3) is 0 Å². The Hall–Kier alpha value is -0.350. The number of nitrogens with one attached hydrogen (secondary N) is 1. The van der Waals surface area contributed by atoms with Crippen molar-refractivity contribution in [2.45, 2.75) is 12.5 Å². The topological polar surface area (TPSA) is 38.0 Å². The van der Waals surface area contributed by atoms with Gasteiger partial charge in [-0.15, -0.1) is 17.9 Å². The summed E-state index contributed by atoms with van der Waals surface area (Å²) in [5, 5.41) is 6.07. The summed E-state index contributed by atoms with van der Waals surface area (Å²) in [6.07, 6.45) is 2.84. The summed E-state index contributed by atoms with van der Waals surface area (Å²) in [5.41, 5.74) is 5.67. The second kappa shape index (κ2) is 6.19. The number of hydrogen-bond donors (Lipinski definition) is 2. The Morgan fingerprint density at radius 2 is 2.50 bits per heavy atom. The van der Waals surface area contributed by atoms with E-state index in [-0.39, 0.29) is 6.04 Å². The van der Waals surface area contributed by atoms with Crippen molar-refractivity contribution in [1.82, 2.24) is 5.32 Å². The fourth-order valence-electron chi connectivity index (χ4n) is 1.17. The molecule has 0 saturated heterocycles. The monoisotopic (exact) mass is 230 g/mol. The molecule has 0 fully saturated rings. The molecule has 0 amide bonds. The second-order valence-corrected chi connectivity index (χ2v) is 4.37. The van der Waals surface area contributed by atoms with Crippen molar-refractivity contribution in [3.8, 4) is 0 Å². The normalized spacial score (nSPS) is 12.7. The first-order chi connectivity index (χ1) is 6.77. The molecule has 0 spiro atoms. The van der Waals surface area contributed by atoms with Crippen LogP contribution in [-0.2, 0) is 0 Å². The molecule has 0 aromatic carbocycles. The molecule has 1 aromatic rings. The summed E-state index contributed by atoms with van der Waals surface area (Å²) in [4.78, 5) is 1.20. The molecular weight excluding hydrogens is 216 g/mol. The van der Waals surface area contributed by atoms with Crippen LogP contribution in [0.5, 0.6) is 0 Å². The molecule has 0 saturated carbocycles. The van der Waals surface area contributed by atoms with Crippen LogP contribution in [-0.4, -0.2) is 13.1 Å². The van der Waals surface area contributed by atoms with Gasteiger partial charge in [0.1, 0.15) is 0 Å². The molecule has 0 aliphatic carbocycles. The molecule has 1 atom stereocenters. The average molecular weight is 231 g/mol. The zero-order chi connectivity index (χ0) is 10.4. The molecule has 4 heteroatoms. The molecule has 1 rings (SSSR count). The first-order valence-corrected chi connectivity index (χ1v) is 5.82. The quantitative estimate of drug-likeness (QED) is 0.582. The minimum atomic E-state index is 0.215. The molecule has 0 bridgehead atoms. The molecule has 3 N–H and O–H groups in total. The van der Waals surface area contributed by atoms with Gasteiger partial charge in [0.2, 0.25) is 0 Å². The molecule has 78 valence electrons. The summed E-state index contributed by atoms with van der Waals surface area (Å²) < 4.78 is 0. The van der Waals surface area contributed by atoms with Gasteiger partial charge < -0.3 is 11.1 Å². The van der Waals surface area contributed by atoms with Gasteiger partial charge in [0.15, 0.2) is 0 Å². The minimum Gasteiger partial charge on any atom is -0.329 e. The van der Waals surface area contributed by atoms with Gasteiger partial charge in [-0.05, 0) is 19.0 Å². The van der Waals surface area contributed by atoms with Crippen LogP contribution in [0.4, 0.5) is 0 Å². The Bertz CT molecular complexity index is 285. The zero-order valence-corrected chi connectivity index (χ0v) is 9.57. The first-order valence-electron chi connectivity index (χ1n) is 4.56. The predicted octanol–water partition coefficient (Wildman–Crippen LogP) is 2.57. The molecule has 0 radical (unpaired) electrons. The Balaban J connectivity index is 2.49. The second-order valence-electron chi connectivity index (χ2n) is 2.99. The summed E-state index contributed by atoms with van der Waals surface area (Å²) in [6.45, 7) is 5.17.